The SMILES string of the molecule is COC(=O)c1c(NC2CCCCC2)nc(SC)nc1SC(C)c1cccc(C(F)(F)F)c1. The van der Waals surface area contributed by atoms with Gasteiger partial charge in [0.2, 0.25) is 0 Å². The van der Waals surface area contributed by atoms with Crippen molar-refractivity contribution in [2.24, 2.45) is 0 Å². The van der Waals surface area contributed by atoms with Crippen LogP contribution < -0.4 is 5.32 Å². The number of anilines is 1. The molecule has 32 heavy (non-hydrogen) atoms. The van der Waals surface area contributed by atoms with Gasteiger partial charge in [-0.1, -0.05) is 61.0 Å². The van der Waals surface area contributed by atoms with E-state index >= 15 is 0 Å². The monoisotopic (exact) mass is 485 g/mol. The molecule has 2 aromatic rings. The number of halogens is 3. The van der Waals surface area contributed by atoms with E-state index in [4.69, 9.17) is 4.74 Å². The summed E-state index contributed by atoms with van der Waals surface area (Å²) in [5.74, 6) is -0.156. The molecular formula is C22H26F3N3O2S2. The van der Waals surface area contributed by atoms with Gasteiger partial charge in [0.25, 0.3) is 0 Å². The molecule has 0 amide bonds. The lowest BCUT2D eigenvalue weighted by Gasteiger charge is -2.25. The summed E-state index contributed by atoms with van der Waals surface area (Å²) in [4.78, 5) is 21.7. The molecule has 1 heterocycles. The number of benzene rings is 1. The lowest BCUT2D eigenvalue weighted by molar-refractivity contribution is -0.137. The molecule has 5 nitrogen and oxygen atoms in total. The summed E-state index contributed by atoms with van der Waals surface area (Å²) in [5, 5.41) is 3.88. The van der Waals surface area contributed by atoms with Gasteiger partial charge in [-0.05, 0) is 37.7 Å². The first-order chi connectivity index (χ1) is 15.2. The van der Waals surface area contributed by atoms with Gasteiger partial charge in [-0.25, -0.2) is 14.8 Å². The van der Waals surface area contributed by atoms with Gasteiger partial charge < -0.3 is 10.1 Å². The van der Waals surface area contributed by atoms with E-state index < -0.39 is 17.7 Å². The van der Waals surface area contributed by atoms with E-state index in [0.29, 0.717) is 21.6 Å². The maximum absolute atomic E-state index is 13.1. The molecule has 1 aliphatic rings. The van der Waals surface area contributed by atoms with Crippen LogP contribution >= 0.6 is 23.5 Å². The van der Waals surface area contributed by atoms with Gasteiger partial charge in [-0.15, -0.1) is 0 Å². The average molecular weight is 486 g/mol. The fourth-order valence-corrected chi connectivity index (χ4v) is 5.11. The van der Waals surface area contributed by atoms with E-state index in [1.165, 1.54) is 43.1 Å². The predicted octanol–water partition coefficient (Wildman–Crippen LogP) is 6.60. The Balaban J connectivity index is 1.97. The number of nitrogens with zero attached hydrogens (tertiary/aromatic N) is 2. The molecule has 1 atom stereocenters. The van der Waals surface area contributed by atoms with Gasteiger partial charge in [0.15, 0.2) is 5.16 Å². The number of nitrogens with one attached hydrogen (secondary N) is 1. The lowest BCUT2D eigenvalue weighted by Crippen LogP contribution is -2.25. The Labute approximate surface area is 194 Å². The van der Waals surface area contributed by atoms with Gasteiger partial charge in [0.1, 0.15) is 16.4 Å². The van der Waals surface area contributed by atoms with E-state index in [9.17, 15) is 18.0 Å². The van der Waals surface area contributed by atoms with Crippen LogP contribution in [0.4, 0.5) is 19.0 Å². The lowest BCUT2D eigenvalue weighted by atomic mass is 9.95. The summed E-state index contributed by atoms with van der Waals surface area (Å²) >= 11 is 2.56. The molecule has 1 saturated carbocycles. The van der Waals surface area contributed by atoms with Crippen LogP contribution in [-0.2, 0) is 10.9 Å². The summed E-state index contributed by atoms with van der Waals surface area (Å²) in [6.45, 7) is 1.79. The average Bonchev–Trinajstić information content (AvgIpc) is 2.78. The van der Waals surface area contributed by atoms with Gasteiger partial charge in [-0.3, -0.25) is 0 Å². The molecule has 0 saturated heterocycles. The van der Waals surface area contributed by atoms with Crippen LogP contribution in [0.15, 0.2) is 34.4 Å². The highest BCUT2D eigenvalue weighted by Crippen LogP contribution is 2.40. The Morgan fingerprint density at radius 3 is 2.56 bits per heavy atom. The Morgan fingerprint density at radius 1 is 1.22 bits per heavy atom. The van der Waals surface area contributed by atoms with Gasteiger partial charge in [0.05, 0.1) is 12.7 Å². The minimum absolute atomic E-state index is 0.204. The molecule has 0 bridgehead atoms. The van der Waals surface area contributed by atoms with Crippen LogP contribution in [-0.4, -0.2) is 35.3 Å². The molecule has 0 aliphatic heterocycles. The molecule has 1 aliphatic carbocycles. The van der Waals surface area contributed by atoms with Crippen molar-refractivity contribution in [1.82, 2.24) is 9.97 Å². The van der Waals surface area contributed by atoms with Crippen molar-refractivity contribution in [2.45, 2.75) is 66.7 Å². The highest BCUT2D eigenvalue weighted by molar-refractivity contribution is 7.99. The van der Waals surface area contributed by atoms with Crippen molar-refractivity contribution < 1.29 is 22.7 Å². The van der Waals surface area contributed by atoms with Crippen molar-refractivity contribution in [1.29, 1.82) is 0 Å². The molecule has 3 rings (SSSR count). The Bertz CT molecular complexity index is 951. The zero-order valence-corrected chi connectivity index (χ0v) is 19.8. The molecule has 0 spiro atoms. The van der Waals surface area contributed by atoms with Crippen molar-refractivity contribution in [3.8, 4) is 0 Å². The molecular weight excluding hydrogens is 459 g/mol. The number of hydrogen-bond donors (Lipinski definition) is 1. The zero-order valence-electron chi connectivity index (χ0n) is 18.2. The quantitative estimate of drug-likeness (QED) is 0.205. The minimum atomic E-state index is -4.42. The number of rotatable bonds is 7. The number of aromatic nitrogens is 2. The summed E-state index contributed by atoms with van der Waals surface area (Å²) in [7, 11) is 1.29. The maximum Gasteiger partial charge on any atom is 0.416 e. The van der Waals surface area contributed by atoms with Crippen molar-refractivity contribution >= 4 is 35.3 Å². The second-order valence-electron chi connectivity index (χ2n) is 7.59. The van der Waals surface area contributed by atoms with Crippen LogP contribution in [0.1, 0.15) is 65.8 Å². The fourth-order valence-electron chi connectivity index (χ4n) is 3.63. The third-order valence-electron chi connectivity index (χ3n) is 5.35. The molecule has 1 fully saturated rings. The summed E-state index contributed by atoms with van der Waals surface area (Å²) < 4.78 is 44.4. The number of thioether (sulfide) groups is 2. The normalized spacial score (nSPS) is 15.9. The minimum Gasteiger partial charge on any atom is -0.465 e. The van der Waals surface area contributed by atoms with Crippen molar-refractivity contribution in [2.75, 3.05) is 18.7 Å². The van der Waals surface area contributed by atoms with Crippen molar-refractivity contribution in [3.05, 3.63) is 41.0 Å². The summed E-state index contributed by atoms with van der Waals surface area (Å²) in [6.07, 6.45) is 2.81. The Morgan fingerprint density at radius 2 is 1.94 bits per heavy atom. The molecule has 10 heteroatoms. The van der Waals surface area contributed by atoms with Crippen LogP contribution in [0.25, 0.3) is 0 Å². The first-order valence-corrected chi connectivity index (χ1v) is 12.5. The number of esters is 1. The second kappa shape index (κ2) is 10.8. The topological polar surface area (TPSA) is 64.1 Å². The molecule has 1 aromatic heterocycles. The third-order valence-corrected chi connectivity index (χ3v) is 7.04. The summed E-state index contributed by atoms with van der Waals surface area (Å²) in [6, 6.07) is 5.41. The largest absolute Gasteiger partial charge is 0.465 e. The van der Waals surface area contributed by atoms with Gasteiger partial charge in [-0.2, -0.15) is 13.2 Å². The number of methoxy groups -OCH3 is 1. The van der Waals surface area contributed by atoms with E-state index in [2.05, 4.69) is 15.3 Å². The number of hydrogen-bond acceptors (Lipinski definition) is 7. The van der Waals surface area contributed by atoms with E-state index in [0.717, 1.165) is 37.8 Å². The fraction of sp³-hybridized carbons (Fsp3) is 0.500. The second-order valence-corrected chi connectivity index (χ2v) is 9.70. The molecule has 174 valence electrons. The van der Waals surface area contributed by atoms with Crippen LogP contribution in [0.2, 0.25) is 0 Å². The summed E-state index contributed by atoms with van der Waals surface area (Å²) in [5.41, 5.74) is 0.00855. The van der Waals surface area contributed by atoms with Crippen LogP contribution in [0, 0.1) is 0 Å². The molecule has 1 unspecified atom stereocenters. The molecule has 1 aromatic carbocycles. The third kappa shape index (κ3) is 6.10. The Hall–Kier alpha value is -1.94. The van der Waals surface area contributed by atoms with E-state index in [-0.39, 0.29) is 16.9 Å². The number of carbonyl (C=O) groups is 1. The Kier molecular flexibility index (Phi) is 8.32. The molecule has 0 radical (unpaired) electrons. The highest BCUT2D eigenvalue weighted by Gasteiger charge is 2.31. The maximum atomic E-state index is 13.1. The van der Waals surface area contributed by atoms with E-state index in [1.807, 2.05) is 6.26 Å². The number of alkyl halides is 3. The van der Waals surface area contributed by atoms with Crippen LogP contribution in [0.3, 0.4) is 0 Å². The predicted molar refractivity (Wildman–Crippen MR) is 121 cm³/mol. The highest BCUT2D eigenvalue weighted by atomic mass is 32.2. The number of ether oxygens (including phenoxy) is 1. The first kappa shape index (κ1) is 24.7. The van der Waals surface area contributed by atoms with Gasteiger partial charge in [0, 0.05) is 11.3 Å². The smallest absolute Gasteiger partial charge is 0.416 e. The molecule has 1 N–H and O–H groups in total. The standard InChI is InChI=1S/C22H26F3N3O2S2/c1-13(14-8-7-9-15(12-14)22(23,24)25)32-19-17(20(29)30-2)18(27-21(28-19)31-3)26-16-10-5-4-6-11-16/h7-9,12-13,16H,4-6,10-11H2,1-3H3,(H,26,27,28). The zero-order chi connectivity index (χ0) is 23.3. The van der Waals surface area contributed by atoms with Crippen LogP contribution in [0.5, 0.6) is 0 Å². The van der Waals surface area contributed by atoms with E-state index in [1.54, 1.807) is 13.0 Å². The first-order valence-electron chi connectivity index (χ1n) is 10.4. The van der Waals surface area contributed by atoms with Gasteiger partial charge >= 0.3 is 12.1 Å². The van der Waals surface area contributed by atoms with Crippen molar-refractivity contribution in [3.63, 3.8) is 0 Å². The number of carbonyl (C=O) groups excluding carboxylic acids is 1.